The molecule has 0 aliphatic rings. The lowest BCUT2D eigenvalue weighted by atomic mass is 9.96. The van der Waals surface area contributed by atoms with Crippen LogP contribution in [0.2, 0.25) is 0 Å². The van der Waals surface area contributed by atoms with Crippen LogP contribution in [0.15, 0.2) is 60.8 Å². The highest BCUT2D eigenvalue weighted by atomic mass is 16.5. The lowest BCUT2D eigenvalue weighted by Crippen LogP contribution is -2.29. The zero-order chi connectivity index (χ0) is 14.7. The smallest absolute Gasteiger partial charge is 0.118 e. The van der Waals surface area contributed by atoms with E-state index in [1.807, 2.05) is 54.7 Å². The summed E-state index contributed by atoms with van der Waals surface area (Å²) in [4.78, 5) is 4.39. The summed E-state index contributed by atoms with van der Waals surface area (Å²) in [6.45, 7) is 0. The first-order chi connectivity index (χ1) is 10.3. The third-order valence-corrected chi connectivity index (χ3v) is 3.61. The third-order valence-electron chi connectivity index (χ3n) is 3.61. The predicted octanol–water partition coefficient (Wildman–Crippen LogP) is 2.80. The van der Waals surface area contributed by atoms with Gasteiger partial charge in [-0.3, -0.25) is 10.8 Å². The predicted molar refractivity (Wildman–Crippen MR) is 83.9 cm³/mol. The molecule has 0 saturated carbocycles. The molecule has 3 aromatic rings. The molecule has 0 saturated heterocycles. The van der Waals surface area contributed by atoms with E-state index in [4.69, 9.17) is 10.6 Å². The summed E-state index contributed by atoms with van der Waals surface area (Å²) in [6.07, 6.45) is 1.81. The van der Waals surface area contributed by atoms with E-state index in [9.17, 15) is 0 Å². The number of hydrogen-bond donors (Lipinski definition) is 2. The Labute approximate surface area is 123 Å². The van der Waals surface area contributed by atoms with Crippen molar-refractivity contribution in [2.45, 2.75) is 6.04 Å². The topological polar surface area (TPSA) is 60.2 Å². The minimum atomic E-state index is -0.0937. The van der Waals surface area contributed by atoms with Gasteiger partial charge in [-0.1, -0.05) is 30.3 Å². The number of hydrogen-bond acceptors (Lipinski definition) is 4. The number of nitrogens with one attached hydrogen (secondary N) is 1. The summed E-state index contributed by atoms with van der Waals surface area (Å²) in [5.41, 5.74) is 6.04. The Bertz CT molecular complexity index is 735. The number of fused-ring (bicyclic) bond motifs is 1. The van der Waals surface area contributed by atoms with Crippen molar-refractivity contribution in [3.05, 3.63) is 71.9 Å². The molecule has 0 spiro atoms. The molecule has 2 aromatic carbocycles. The first-order valence-corrected chi connectivity index (χ1v) is 6.77. The Balaban J connectivity index is 2.09. The Morgan fingerprint density at radius 1 is 1.05 bits per heavy atom. The summed E-state index contributed by atoms with van der Waals surface area (Å²) in [6, 6.07) is 17.8. The molecule has 0 amide bonds. The maximum atomic E-state index is 5.80. The molecule has 1 heterocycles. The summed E-state index contributed by atoms with van der Waals surface area (Å²) in [7, 11) is 1.66. The zero-order valence-corrected chi connectivity index (χ0v) is 11.8. The molecule has 3 rings (SSSR count). The van der Waals surface area contributed by atoms with Crippen LogP contribution in [0.5, 0.6) is 5.75 Å². The molecule has 0 aliphatic heterocycles. The van der Waals surface area contributed by atoms with Crippen LogP contribution in [0.3, 0.4) is 0 Å². The molecule has 106 valence electrons. The van der Waals surface area contributed by atoms with Crippen molar-refractivity contribution in [2.75, 3.05) is 7.11 Å². The number of nitrogens with zero attached hydrogens (tertiary/aromatic N) is 1. The van der Waals surface area contributed by atoms with E-state index >= 15 is 0 Å². The van der Waals surface area contributed by atoms with Crippen LogP contribution in [-0.2, 0) is 0 Å². The van der Waals surface area contributed by atoms with Crippen molar-refractivity contribution in [3.63, 3.8) is 0 Å². The van der Waals surface area contributed by atoms with Crippen LogP contribution >= 0.6 is 0 Å². The van der Waals surface area contributed by atoms with Gasteiger partial charge in [0, 0.05) is 11.6 Å². The van der Waals surface area contributed by atoms with Gasteiger partial charge in [0.05, 0.1) is 18.7 Å². The summed E-state index contributed by atoms with van der Waals surface area (Å²) in [5.74, 6) is 6.62. The molecule has 21 heavy (non-hydrogen) atoms. The molecule has 4 heteroatoms. The lowest BCUT2D eigenvalue weighted by Gasteiger charge is -2.19. The molecule has 0 radical (unpaired) electrons. The van der Waals surface area contributed by atoms with E-state index in [2.05, 4.69) is 16.5 Å². The monoisotopic (exact) mass is 279 g/mol. The number of rotatable bonds is 4. The highest BCUT2D eigenvalue weighted by molar-refractivity contribution is 5.82. The van der Waals surface area contributed by atoms with Crippen molar-refractivity contribution in [3.8, 4) is 5.75 Å². The summed E-state index contributed by atoms with van der Waals surface area (Å²) >= 11 is 0. The molecule has 1 atom stereocenters. The summed E-state index contributed by atoms with van der Waals surface area (Å²) < 4.78 is 5.20. The Morgan fingerprint density at radius 3 is 2.52 bits per heavy atom. The second-order valence-electron chi connectivity index (χ2n) is 4.79. The molecular weight excluding hydrogens is 262 g/mol. The maximum Gasteiger partial charge on any atom is 0.118 e. The van der Waals surface area contributed by atoms with Crippen LogP contribution in [0.25, 0.3) is 10.9 Å². The van der Waals surface area contributed by atoms with E-state index in [0.29, 0.717) is 0 Å². The summed E-state index contributed by atoms with van der Waals surface area (Å²) in [5, 5.41) is 1.10. The zero-order valence-electron chi connectivity index (χ0n) is 11.8. The van der Waals surface area contributed by atoms with Crippen molar-refractivity contribution < 1.29 is 4.74 Å². The number of nitrogens with two attached hydrogens (primary N) is 1. The number of para-hydroxylation sites is 1. The van der Waals surface area contributed by atoms with Gasteiger partial charge >= 0.3 is 0 Å². The van der Waals surface area contributed by atoms with E-state index in [-0.39, 0.29) is 6.04 Å². The standard InChI is InChI=1S/C17H17N3O/c1-21-13-8-6-12(7-9-13)17(20-18)15-10-11-19-16-5-3-2-4-14(15)16/h2-11,17,20H,18H2,1H3. The first-order valence-electron chi connectivity index (χ1n) is 6.77. The molecule has 0 aliphatic carbocycles. The Morgan fingerprint density at radius 2 is 1.81 bits per heavy atom. The second kappa shape index (κ2) is 5.91. The quantitative estimate of drug-likeness (QED) is 0.569. The molecule has 1 unspecified atom stereocenters. The van der Waals surface area contributed by atoms with E-state index in [0.717, 1.165) is 27.8 Å². The fourth-order valence-corrected chi connectivity index (χ4v) is 2.53. The number of aromatic nitrogens is 1. The normalized spacial score (nSPS) is 12.3. The second-order valence-corrected chi connectivity index (χ2v) is 4.79. The van der Waals surface area contributed by atoms with Crippen LogP contribution in [0, 0.1) is 0 Å². The van der Waals surface area contributed by atoms with Gasteiger partial charge in [0.25, 0.3) is 0 Å². The van der Waals surface area contributed by atoms with Gasteiger partial charge in [-0.15, -0.1) is 0 Å². The average Bonchev–Trinajstić information content (AvgIpc) is 2.56. The van der Waals surface area contributed by atoms with Crippen molar-refractivity contribution >= 4 is 10.9 Å². The van der Waals surface area contributed by atoms with E-state index < -0.39 is 0 Å². The first kappa shape index (κ1) is 13.5. The largest absolute Gasteiger partial charge is 0.497 e. The van der Waals surface area contributed by atoms with Crippen LogP contribution in [0.1, 0.15) is 17.2 Å². The average molecular weight is 279 g/mol. The SMILES string of the molecule is COc1ccc(C(NN)c2ccnc3ccccc23)cc1. The minimum Gasteiger partial charge on any atom is -0.497 e. The van der Waals surface area contributed by atoms with Crippen molar-refractivity contribution in [1.82, 2.24) is 10.4 Å². The highest BCUT2D eigenvalue weighted by Crippen LogP contribution is 2.28. The van der Waals surface area contributed by atoms with Gasteiger partial charge in [-0.2, -0.15) is 0 Å². The van der Waals surface area contributed by atoms with Crippen molar-refractivity contribution in [2.24, 2.45) is 5.84 Å². The highest BCUT2D eigenvalue weighted by Gasteiger charge is 2.15. The fourth-order valence-electron chi connectivity index (χ4n) is 2.53. The van der Waals surface area contributed by atoms with E-state index in [1.54, 1.807) is 7.11 Å². The minimum absolute atomic E-state index is 0.0937. The van der Waals surface area contributed by atoms with Gasteiger partial charge < -0.3 is 4.74 Å². The van der Waals surface area contributed by atoms with Gasteiger partial charge in [-0.25, -0.2) is 5.43 Å². The number of hydrazine groups is 1. The number of benzene rings is 2. The number of methoxy groups -OCH3 is 1. The van der Waals surface area contributed by atoms with Gasteiger partial charge in [-0.05, 0) is 35.4 Å². The fraction of sp³-hybridized carbons (Fsp3) is 0.118. The molecule has 0 fully saturated rings. The van der Waals surface area contributed by atoms with Gasteiger partial charge in [0.2, 0.25) is 0 Å². The molecule has 0 bridgehead atoms. The Kier molecular flexibility index (Phi) is 3.81. The van der Waals surface area contributed by atoms with Gasteiger partial charge in [0.15, 0.2) is 0 Å². The molecule has 1 aromatic heterocycles. The third kappa shape index (κ3) is 2.59. The van der Waals surface area contributed by atoms with Crippen LogP contribution in [0.4, 0.5) is 0 Å². The van der Waals surface area contributed by atoms with Crippen LogP contribution in [-0.4, -0.2) is 12.1 Å². The van der Waals surface area contributed by atoms with Gasteiger partial charge in [0.1, 0.15) is 5.75 Å². The van der Waals surface area contributed by atoms with Crippen LogP contribution < -0.4 is 16.0 Å². The van der Waals surface area contributed by atoms with E-state index in [1.165, 1.54) is 0 Å². The number of pyridine rings is 1. The number of ether oxygens (including phenoxy) is 1. The molecule has 3 N–H and O–H groups in total. The molecule has 4 nitrogen and oxygen atoms in total. The molecular formula is C17H17N3O. The van der Waals surface area contributed by atoms with Crippen molar-refractivity contribution in [1.29, 1.82) is 0 Å². The maximum absolute atomic E-state index is 5.80. The lowest BCUT2D eigenvalue weighted by molar-refractivity contribution is 0.414. The Hall–Kier alpha value is -2.43.